The van der Waals surface area contributed by atoms with E-state index in [2.05, 4.69) is 0 Å². The molecule has 7 heteroatoms. The van der Waals surface area contributed by atoms with Gasteiger partial charge in [0, 0.05) is 18.8 Å². The summed E-state index contributed by atoms with van der Waals surface area (Å²) in [6, 6.07) is 4.18. The van der Waals surface area contributed by atoms with Gasteiger partial charge in [-0.05, 0) is 12.1 Å². The second-order valence-corrected chi connectivity index (χ2v) is 4.64. The Kier molecular flexibility index (Phi) is 5.62. The molecule has 0 aliphatic heterocycles. The second-order valence-electron chi connectivity index (χ2n) is 3.66. The van der Waals surface area contributed by atoms with Crippen LogP contribution in [0.2, 0.25) is 0 Å². The average Bonchev–Trinajstić information content (AvgIpc) is 2.37. The van der Waals surface area contributed by atoms with Gasteiger partial charge in [0.1, 0.15) is 0 Å². The maximum Gasteiger partial charge on any atom is 0.313 e. The lowest BCUT2D eigenvalue weighted by Crippen LogP contribution is -2.28. The van der Waals surface area contributed by atoms with Crippen LogP contribution in [0, 0.1) is 5.82 Å². The van der Waals surface area contributed by atoms with Crippen molar-refractivity contribution in [3.63, 3.8) is 0 Å². The van der Waals surface area contributed by atoms with E-state index >= 15 is 0 Å². The normalized spacial score (nSPS) is 10.1. The lowest BCUT2D eigenvalue weighted by molar-refractivity contribution is -0.133. The van der Waals surface area contributed by atoms with Crippen LogP contribution in [0.25, 0.3) is 0 Å². The Bertz CT molecular complexity index is 481. The molecule has 5 nitrogen and oxygen atoms in total. The van der Waals surface area contributed by atoms with Gasteiger partial charge in [-0.15, -0.1) is 11.8 Å². The van der Waals surface area contributed by atoms with Crippen LogP contribution in [0.1, 0.15) is 0 Å². The molecular weight excluding hydrogens is 273 g/mol. The Morgan fingerprint density at radius 2 is 2.11 bits per heavy atom. The average molecular weight is 287 g/mol. The highest BCUT2D eigenvalue weighted by molar-refractivity contribution is 8.00. The first-order valence-electron chi connectivity index (χ1n) is 5.35. The molecule has 0 aliphatic rings. The summed E-state index contributed by atoms with van der Waals surface area (Å²) in [5, 5.41) is 8.47. The Labute approximate surface area is 114 Å². The number of anilines is 1. The molecule has 0 saturated carbocycles. The van der Waals surface area contributed by atoms with Gasteiger partial charge in [-0.3, -0.25) is 9.59 Å². The summed E-state index contributed by atoms with van der Waals surface area (Å²) in [6.45, 7) is 0. The molecule has 1 aromatic carbocycles. The smallest absolute Gasteiger partial charge is 0.313 e. The molecule has 1 N–H and O–H groups in total. The minimum atomic E-state index is -0.976. The predicted molar refractivity (Wildman–Crippen MR) is 71.3 cm³/mol. The molecular formula is C12H14FNO4S. The number of hydrogen-bond acceptors (Lipinski definition) is 4. The van der Waals surface area contributed by atoms with Gasteiger partial charge in [-0.2, -0.15) is 0 Å². The number of nitrogens with zero attached hydrogens (tertiary/aromatic N) is 1. The van der Waals surface area contributed by atoms with Crippen molar-refractivity contribution in [3.05, 3.63) is 24.0 Å². The third-order valence-electron chi connectivity index (χ3n) is 2.35. The molecule has 0 bridgehead atoms. The number of rotatable bonds is 6. The molecule has 0 spiro atoms. The van der Waals surface area contributed by atoms with Crippen LogP contribution in [0.15, 0.2) is 18.2 Å². The predicted octanol–water partition coefficient (Wildman–Crippen LogP) is 1.61. The molecule has 0 saturated heterocycles. The van der Waals surface area contributed by atoms with Crippen LogP contribution in [0.5, 0.6) is 5.75 Å². The molecule has 1 rings (SSSR count). The van der Waals surface area contributed by atoms with Crippen LogP contribution in [-0.4, -0.2) is 42.6 Å². The highest BCUT2D eigenvalue weighted by atomic mass is 32.2. The van der Waals surface area contributed by atoms with Gasteiger partial charge in [-0.1, -0.05) is 0 Å². The fourth-order valence-electron chi connectivity index (χ4n) is 1.33. The summed E-state index contributed by atoms with van der Waals surface area (Å²) in [6.07, 6.45) is 0. The van der Waals surface area contributed by atoms with E-state index < -0.39 is 11.8 Å². The van der Waals surface area contributed by atoms with E-state index in [1.165, 1.54) is 31.2 Å². The zero-order chi connectivity index (χ0) is 14.4. The van der Waals surface area contributed by atoms with E-state index in [0.29, 0.717) is 5.69 Å². The van der Waals surface area contributed by atoms with Crippen molar-refractivity contribution < 1.29 is 23.8 Å². The zero-order valence-electron chi connectivity index (χ0n) is 10.6. The number of thioether (sulfide) groups is 1. The molecule has 1 aromatic rings. The van der Waals surface area contributed by atoms with Crippen molar-refractivity contribution >= 4 is 29.3 Å². The molecule has 0 unspecified atom stereocenters. The largest absolute Gasteiger partial charge is 0.494 e. The molecule has 0 atom stereocenters. The van der Waals surface area contributed by atoms with E-state index in [0.717, 1.165) is 11.8 Å². The molecule has 104 valence electrons. The lowest BCUT2D eigenvalue weighted by Gasteiger charge is -2.17. The molecule has 0 aliphatic carbocycles. The first-order chi connectivity index (χ1) is 8.95. The lowest BCUT2D eigenvalue weighted by atomic mass is 10.2. The number of hydrogen-bond donors (Lipinski definition) is 1. The third-order valence-corrected chi connectivity index (χ3v) is 3.25. The maximum absolute atomic E-state index is 13.5. The van der Waals surface area contributed by atoms with Gasteiger partial charge in [0.05, 0.1) is 18.6 Å². The van der Waals surface area contributed by atoms with Crippen molar-refractivity contribution in [2.75, 3.05) is 30.6 Å². The summed E-state index contributed by atoms with van der Waals surface area (Å²) in [4.78, 5) is 23.4. The standard InChI is InChI=1S/C12H14FNO4S/c1-14(11(15)6-19-7-12(16)17)8-3-4-10(18-2)9(13)5-8/h3-5H,6-7H2,1-2H3,(H,16,17). The summed E-state index contributed by atoms with van der Waals surface area (Å²) in [7, 11) is 2.86. The number of aliphatic carboxylic acids is 1. The Balaban J connectivity index is 2.66. The van der Waals surface area contributed by atoms with Crippen molar-refractivity contribution in [1.29, 1.82) is 0 Å². The Morgan fingerprint density at radius 1 is 1.42 bits per heavy atom. The maximum atomic E-state index is 13.5. The SMILES string of the molecule is COc1ccc(N(C)C(=O)CSCC(=O)O)cc1F. The summed E-state index contributed by atoms with van der Waals surface area (Å²) in [5.41, 5.74) is 0.388. The first-order valence-corrected chi connectivity index (χ1v) is 6.50. The summed E-state index contributed by atoms with van der Waals surface area (Å²) >= 11 is 0.995. The van der Waals surface area contributed by atoms with Gasteiger partial charge < -0.3 is 14.7 Å². The van der Waals surface area contributed by atoms with Gasteiger partial charge >= 0.3 is 5.97 Å². The van der Waals surface area contributed by atoms with Crippen LogP contribution in [0.4, 0.5) is 10.1 Å². The summed E-state index contributed by atoms with van der Waals surface area (Å²) < 4.78 is 18.3. The fraction of sp³-hybridized carbons (Fsp3) is 0.333. The Hall–Kier alpha value is -1.76. The number of benzene rings is 1. The first kappa shape index (κ1) is 15.3. The quantitative estimate of drug-likeness (QED) is 0.861. The molecule has 19 heavy (non-hydrogen) atoms. The highest BCUT2D eigenvalue weighted by Crippen LogP contribution is 2.23. The topological polar surface area (TPSA) is 66.8 Å². The van der Waals surface area contributed by atoms with Crippen LogP contribution >= 0.6 is 11.8 Å². The summed E-state index contributed by atoms with van der Waals surface area (Å²) in [5.74, 6) is -1.85. The second kappa shape index (κ2) is 6.98. The van der Waals surface area contributed by atoms with Gasteiger partial charge in [0.15, 0.2) is 11.6 Å². The van der Waals surface area contributed by atoms with Crippen molar-refractivity contribution in [2.45, 2.75) is 0 Å². The number of carbonyl (C=O) groups is 2. The van der Waals surface area contributed by atoms with E-state index in [1.807, 2.05) is 0 Å². The number of halogens is 1. The van der Waals surface area contributed by atoms with Crippen LogP contribution < -0.4 is 9.64 Å². The van der Waals surface area contributed by atoms with E-state index in [4.69, 9.17) is 9.84 Å². The highest BCUT2D eigenvalue weighted by Gasteiger charge is 2.13. The fourth-order valence-corrected chi connectivity index (χ4v) is 1.98. The van der Waals surface area contributed by atoms with Crippen molar-refractivity contribution in [1.82, 2.24) is 0 Å². The number of methoxy groups -OCH3 is 1. The van der Waals surface area contributed by atoms with Crippen LogP contribution in [0.3, 0.4) is 0 Å². The molecule has 0 fully saturated rings. The monoisotopic (exact) mass is 287 g/mol. The number of carbonyl (C=O) groups excluding carboxylic acids is 1. The van der Waals surface area contributed by atoms with Crippen LogP contribution in [-0.2, 0) is 9.59 Å². The minimum Gasteiger partial charge on any atom is -0.494 e. The van der Waals surface area contributed by atoms with Crippen molar-refractivity contribution in [3.8, 4) is 5.75 Å². The van der Waals surface area contributed by atoms with E-state index in [1.54, 1.807) is 6.07 Å². The van der Waals surface area contributed by atoms with E-state index in [-0.39, 0.29) is 23.2 Å². The minimum absolute atomic E-state index is 0.0243. The van der Waals surface area contributed by atoms with Gasteiger partial charge in [0.25, 0.3) is 0 Å². The third kappa shape index (κ3) is 4.44. The number of amides is 1. The van der Waals surface area contributed by atoms with Gasteiger partial charge in [0.2, 0.25) is 5.91 Å². The number of ether oxygens (including phenoxy) is 1. The van der Waals surface area contributed by atoms with E-state index in [9.17, 15) is 14.0 Å². The molecule has 1 amide bonds. The van der Waals surface area contributed by atoms with Crippen molar-refractivity contribution in [2.24, 2.45) is 0 Å². The number of carboxylic acids is 1. The zero-order valence-corrected chi connectivity index (χ0v) is 11.4. The molecule has 0 radical (unpaired) electrons. The Morgan fingerprint density at radius 3 is 2.63 bits per heavy atom. The molecule has 0 aromatic heterocycles. The van der Waals surface area contributed by atoms with Gasteiger partial charge in [-0.25, -0.2) is 4.39 Å². The molecule has 0 heterocycles. The number of carboxylic acid groups (broad SMARTS) is 1.